The molecule has 6 heteroatoms. The Bertz CT molecular complexity index is 860. The van der Waals surface area contributed by atoms with Crippen LogP contribution in [0.4, 0.5) is 0 Å². The van der Waals surface area contributed by atoms with E-state index in [1.165, 1.54) is 16.0 Å². The van der Waals surface area contributed by atoms with Gasteiger partial charge in [0.1, 0.15) is 12.4 Å². The molecule has 2 heterocycles. The molecule has 1 aromatic carbocycles. The van der Waals surface area contributed by atoms with E-state index in [-0.39, 0.29) is 18.5 Å². The quantitative estimate of drug-likeness (QED) is 0.559. The highest BCUT2D eigenvalue weighted by atomic mass is 32.1. The van der Waals surface area contributed by atoms with Gasteiger partial charge in [-0.2, -0.15) is 0 Å². The predicted octanol–water partition coefficient (Wildman–Crippen LogP) is 4.25. The third-order valence-electron chi connectivity index (χ3n) is 5.64. The standard InChI is InChI=1S/C25H34N2O3S/c1-5-12-26(15-19(4)28)16-25(29)27-13-10-24-22(11-14-31-24)23(27)17-30-21-8-6-20(7-9-21)18(2)3/h5-9,11,14,18-19,23,28H,1,10,12-13,15-17H2,2-4H3. The average molecular weight is 443 g/mol. The second kappa shape index (κ2) is 10.9. The summed E-state index contributed by atoms with van der Waals surface area (Å²) in [5.74, 6) is 1.36. The van der Waals surface area contributed by atoms with Gasteiger partial charge in [-0.1, -0.05) is 32.1 Å². The van der Waals surface area contributed by atoms with E-state index in [4.69, 9.17) is 4.74 Å². The number of carbonyl (C=O) groups excluding carboxylic acids is 1. The van der Waals surface area contributed by atoms with Crippen LogP contribution < -0.4 is 4.74 Å². The maximum atomic E-state index is 13.3. The van der Waals surface area contributed by atoms with Crippen molar-refractivity contribution >= 4 is 17.2 Å². The summed E-state index contributed by atoms with van der Waals surface area (Å²) < 4.78 is 6.14. The smallest absolute Gasteiger partial charge is 0.237 e. The highest BCUT2D eigenvalue weighted by Crippen LogP contribution is 2.34. The van der Waals surface area contributed by atoms with Crippen LogP contribution >= 0.6 is 11.3 Å². The number of amides is 1. The maximum Gasteiger partial charge on any atom is 0.237 e. The molecule has 1 N–H and O–H groups in total. The number of hydrogen-bond acceptors (Lipinski definition) is 5. The molecule has 1 aliphatic heterocycles. The molecule has 1 aromatic heterocycles. The number of benzene rings is 1. The van der Waals surface area contributed by atoms with E-state index in [0.29, 0.717) is 32.2 Å². The highest BCUT2D eigenvalue weighted by Gasteiger charge is 2.32. The fraction of sp³-hybridized carbons (Fsp3) is 0.480. The lowest BCUT2D eigenvalue weighted by molar-refractivity contribution is -0.136. The topological polar surface area (TPSA) is 53.0 Å². The van der Waals surface area contributed by atoms with Gasteiger partial charge < -0.3 is 14.7 Å². The molecular formula is C25H34N2O3S. The van der Waals surface area contributed by atoms with Crippen molar-refractivity contribution in [2.75, 3.05) is 32.8 Å². The summed E-state index contributed by atoms with van der Waals surface area (Å²) in [7, 11) is 0. The van der Waals surface area contributed by atoms with Crippen molar-refractivity contribution < 1.29 is 14.6 Å². The lowest BCUT2D eigenvalue weighted by Gasteiger charge is -2.37. The molecule has 0 aliphatic carbocycles. The van der Waals surface area contributed by atoms with Crippen LogP contribution in [0.1, 0.15) is 48.7 Å². The maximum absolute atomic E-state index is 13.3. The van der Waals surface area contributed by atoms with Crippen molar-refractivity contribution in [3.8, 4) is 5.75 Å². The van der Waals surface area contributed by atoms with Crippen molar-refractivity contribution in [3.05, 3.63) is 64.4 Å². The van der Waals surface area contributed by atoms with Crippen molar-refractivity contribution in [1.29, 1.82) is 0 Å². The summed E-state index contributed by atoms with van der Waals surface area (Å²) in [5.41, 5.74) is 2.47. The van der Waals surface area contributed by atoms with Crippen molar-refractivity contribution in [3.63, 3.8) is 0 Å². The lowest BCUT2D eigenvalue weighted by Crippen LogP contribution is -2.47. The van der Waals surface area contributed by atoms with E-state index in [1.54, 1.807) is 24.3 Å². The number of thiophene rings is 1. The summed E-state index contributed by atoms with van der Waals surface area (Å²) in [6.45, 7) is 12.2. The van der Waals surface area contributed by atoms with E-state index in [1.807, 2.05) is 21.9 Å². The minimum Gasteiger partial charge on any atom is -0.491 e. The number of nitrogens with zero attached hydrogens (tertiary/aromatic N) is 2. The van der Waals surface area contributed by atoms with Gasteiger partial charge in [0.2, 0.25) is 5.91 Å². The molecule has 2 atom stereocenters. The number of ether oxygens (including phenoxy) is 1. The number of aliphatic hydroxyl groups is 1. The summed E-state index contributed by atoms with van der Waals surface area (Å²) in [6.07, 6.45) is 2.14. The summed E-state index contributed by atoms with van der Waals surface area (Å²) in [6, 6.07) is 10.2. The molecule has 3 rings (SSSR count). The molecule has 2 unspecified atom stereocenters. The van der Waals surface area contributed by atoms with Gasteiger partial charge >= 0.3 is 0 Å². The van der Waals surface area contributed by atoms with E-state index >= 15 is 0 Å². The lowest BCUT2D eigenvalue weighted by atomic mass is 10.00. The first-order valence-electron chi connectivity index (χ1n) is 11.0. The number of carbonyl (C=O) groups is 1. The number of rotatable bonds is 10. The number of hydrogen-bond donors (Lipinski definition) is 1. The zero-order valence-electron chi connectivity index (χ0n) is 18.8. The van der Waals surface area contributed by atoms with E-state index in [9.17, 15) is 9.90 Å². The van der Waals surface area contributed by atoms with Gasteiger partial charge in [0.15, 0.2) is 0 Å². The fourth-order valence-electron chi connectivity index (χ4n) is 4.04. The molecule has 1 aliphatic rings. The SMILES string of the molecule is C=CCN(CC(=O)N1CCc2sccc2C1COc1ccc(C(C)C)cc1)CC(C)O. The molecule has 0 bridgehead atoms. The van der Waals surface area contributed by atoms with Gasteiger partial charge in [-0.25, -0.2) is 0 Å². The van der Waals surface area contributed by atoms with Crippen molar-refractivity contribution in [2.45, 2.75) is 45.3 Å². The van der Waals surface area contributed by atoms with Gasteiger partial charge in [0.25, 0.3) is 0 Å². The Balaban J connectivity index is 1.72. The van der Waals surface area contributed by atoms with Gasteiger partial charge in [-0.05, 0) is 54.0 Å². The van der Waals surface area contributed by atoms with Crippen LogP contribution in [0.5, 0.6) is 5.75 Å². The van der Waals surface area contributed by atoms with Crippen molar-refractivity contribution in [2.24, 2.45) is 0 Å². The molecule has 0 saturated heterocycles. The zero-order chi connectivity index (χ0) is 22.4. The third kappa shape index (κ3) is 6.19. The first-order chi connectivity index (χ1) is 14.9. The van der Waals surface area contributed by atoms with Crippen LogP contribution in [0.25, 0.3) is 0 Å². The second-order valence-corrected chi connectivity index (χ2v) is 9.52. The predicted molar refractivity (Wildman–Crippen MR) is 127 cm³/mol. The van der Waals surface area contributed by atoms with Crippen LogP contribution in [0.15, 0.2) is 48.4 Å². The first kappa shape index (κ1) is 23.5. The summed E-state index contributed by atoms with van der Waals surface area (Å²) >= 11 is 1.75. The molecule has 31 heavy (non-hydrogen) atoms. The van der Waals surface area contributed by atoms with E-state index < -0.39 is 6.10 Å². The number of aliphatic hydroxyl groups excluding tert-OH is 1. The summed E-state index contributed by atoms with van der Waals surface area (Å²) in [4.78, 5) is 18.5. The average Bonchev–Trinajstić information content (AvgIpc) is 3.21. The molecule has 0 radical (unpaired) electrons. The normalized spacial score (nSPS) is 17.0. The minimum absolute atomic E-state index is 0.0584. The van der Waals surface area contributed by atoms with E-state index in [2.05, 4.69) is 44.0 Å². The molecule has 168 valence electrons. The van der Waals surface area contributed by atoms with Crippen LogP contribution in [0.3, 0.4) is 0 Å². The first-order valence-corrected chi connectivity index (χ1v) is 11.9. The molecular weight excluding hydrogens is 408 g/mol. The Labute approximate surface area is 189 Å². The van der Waals surface area contributed by atoms with E-state index in [0.717, 1.165) is 12.2 Å². The molecule has 2 aromatic rings. The van der Waals surface area contributed by atoms with Crippen LogP contribution in [-0.4, -0.2) is 59.7 Å². The number of fused-ring (bicyclic) bond motifs is 1. The van der Waals surface area contributed by atoms with Crippen LogP contribution in [0.2, 0.25) is 0 Å². The Morgan fingerprint density at radius 3 is 2.71 bits per heavy atom. The van der Waals surface area contributed by atoms with Gasteiger partial charge in [0.05, 0.1) is 18.7 Å². The Morgan fingerprint density at radius 2 is 2.06 bits per heavy atom. The Morgan fingerprint density at radius 1 is 1.32 bits per heavy atom. The summed E-state index contributed by atoms with van der Waals surface area (Å²) in [5, 5.41) is 11.9. The van der Waals surface area contributed by atoms with Crippen LogP contribution in [0, 0.1) is 0 Å². The van der Waals surface area contributed by atoms with Gasteiger partial charge in [-0.3, -0.25) is 9.69 Å². The largest absolute Gasteiger partial charge is 0.491 e. The monoisotopic (exact) mass is 442 g/mol. The molecule has 0 spiro atoms. The third-order valence-corrected chi connectivity index (χ3v) is 6.63. The van der Waals surface area contributed by atoms with Crippen LogP contribution in [-0.2, 0) is 11.2 Å². The highest BCUT2D eigenvalue weighted by molar-refractivity contribution is 7.10. The van der Waals surface area contributed by atoms with Gasteiger partial charge in [0, 0.05) is 24.5 Å². The second-order valence-electron chi connectivity index (χ2n) is 8.52. The Kier molecular flexibility index (Phi) is 8.29. The zero-order valence-corrected chi connectivity index (χ0v) is 19.6. The minimum atomic E-state index is -0.495. The van der Waals surface area contributed by atoms with Crippen molar-refractivity contribution in [1.82, 2.24) is 9.80 Å². The molecule has 5 nitrogen and oxygen atoms in total. The molecule has 0 fully saturated rings. The Hall–Kier alpha value is -2.15. The fourth-order valence-corrected chi connectivity index (χ4v) is 4.97. The molecule has 1 amide bonds. The van der Waals surface area contributed by atoms with Gasteiger partial charge in [-0.15, -0.1) is 17.9 Å². The molecule has 0 saturated carbocycles.